The molecule has 0 saturated heterocycles. The molecule has 0 unspecified atom stereocenters. The van der Waals surface area contributed by atoms with E-state index in [0.29, 0.717) is 26.6 Å². The van der Waals surface area contributed by atoms with Gasteiger partial charge in [-0.3, -0.25) is 5.32 Å². The summed E-state index contributed by atoms with van der Waals surface area (Å²) in [6.07, 6.45) is 46.7. The van der Waals surface area contributed by atoms with Gasteiger partial charge in [-0.05, 0) is 52.9 Å². The van der Waals surface area contributed by atoms with Gasteiger partial charge in [0.1, 0.15) is 6.10 Å². The van der Waals surface area contributed by atoms with Gasteiger partial charge in [-0.1, -0.05) is 206 Å². The van der Waals surface area contributed by atoms with Crippen LogP contribution in [0.5, 0.6) is 0 Å². The van der Waals surface area contributed by atoms with Crippen molar-refractivity contribution >= 4 is 6.09 Å². The van der Waals surface area contributed by atoms with E-state index in [-0.39, 0.29) is 17.8 Å². The van der Waals surface area contributed by atoms with Crippen molar-refractivity contribution in [2.45, 2.75) is 271 Å². The Morgan fingerprint density at radius 1 is 0.472 bits per heavy atom. The molecule has 0 spiro atoms. The molecule has 0 heterocycles. The third-order valence-electron chi connectivity index (χ3n) is 10.6. The summed E-state index contributed by atoms with van der Waals surface area (Å²) in [5.41, 5.74) is -0.160. The second-order valence-corrected chi connectivity index (χ2v) is 17.2. The molecule has 0 radical (unpaired) electrons. The normalized spacial score (nSPS) is 11.9. The van der Waals surface area contributed by atoms with E-state index in [1.54, 1.807) is 0 Å². The number of ether oxygens (including phenoxy) is 3. The van der Waals surface area contributed by atoms with Crippen molar-refractivity contribution in [3.05, 3.63) is 0 Å². The van der Waals surface area contributed by atoms with E-state index in [1.165, 1.54) is 193 Å². The predicted molar refractivity (Wildman–Crippen MR) is 231 cm³/mol. The highest BCUT2D eigenvalue weighted by atomic mass is 16.6. The molecule has 0 bridgehead atoms. The number of nitrogens with one attached hydrogen (secondary N) is 2. The Bertz CT molecular complexity index is 677. The molecule has 0 aliphatic heterocycles. The van der Waals surface area contributed by atoms with Crippen LogP contribution in [0.2, 0.25) is 0 Å². The first-order valence-electron chi connectivity index (χ1n) is 23.8. The maximum absolute atomic E-state index is 12.7. The molecule has 1 amide bonds. The molecule has 0 aliphatic carbocycles. The summed E-state index contributed by atoms with van der Waals surface area (Å²) in [4.78, 5) is 12.7. The highest BCUT2D eigenvalue weighted by Gasteiger charge is 2.14. The molecule has 0 atom stereocenters. The van der Waals surface area contributed by atoms with E-state index in [0.717, 1.165) is 32.1 Å². The number of alkyl carbamates (subject to hydrolysis) is 1. The van der Waals surface area contributed by atoms with Gasteiger partial charge in [-0.2, -0.15) is 0 Å². The third-order valence-corrected chi connectivity index (χ3v) is 10.6. The molecule has 0 aromatic rings. The minimum absolute atomic E-state index is 0.0385. The first kappa shape index (κ1) is 52.2. The largest absolute Gasteiger partial charge is 0.446 e. The average molecular weight is 753 g/mol. The number of rotatable bonds is 43. The molecule has 6 heteroatoms. The Hall–Kier alpha value is -0.850. The van der Waals surface area contributed by atoms with E-state index in [1.807, 2.05) is 20.8 Å². The molecule has 0 aromatic heterocycles. The Morgan fingerprint density at radius 3 is 1.15 bits per heavy atom. The number of amides is 1. The van der Waals surface area contributed by atoms with E-state index in [4.69, 9.17) is 14.2 Å². The second-order valence-electron chi connectivity index (χ2n) is 17.2. The Kier molecular flexibility index (Phi) is 41.6. The summed E-state index contributed by atoms with van der Waals surface area (Å²) in [5, 5.41) is 6.08. The summed E-state index contributed by atoms with van der Waals surface area (Å²) < 4.78 is 17.2. The van der Waals surface area contributed by atoms with Gasteiger partial charge in [0.05, 0.1) is 25.7 Å². The summed E-state index contributed by atoms with van der Waals surface area (Å²) in [6.45, 7) is 12.8. The number of unbranched alkanes of at least 4 members (excludes halogenated alkanes) is 30. The van der Waals surface area contributed by atoms with Crippen LogP contribution in [-0.2, 0) is 14.2 Å². The number of carbonyl (C=O) groups is 1. The number of hydrogen-bond acceptors (Lipinski definition) is 5. The van der Waals surface area contributed by atoms with Crippen molar-refractivity contribution in [2.75, 3.05) is 26.6 Å². The fourth-order valence-corrected chi connectivity index (χ4v) is 7.11. The van der Waals surface area contributed by atoms with E-state index in [2.05, 4.69) is 24.5 Å². The molecule has 53 heavy (non-hydrogen) atoms. The zero-order valence-electron chi connectivity index (χ0n) is 36.8. The lowest BCUT2D eigenvalue weighted by molar-refractivity contribution is -0.0277. The van der Waals surface area contributed by atoms with Crippen molar-refractivity contribution < 1.29 is 19.0 Å². The summed E-state index contributed by atoms with van der Waals surface area (Å²) in [7, 11) is 0. The first-order valence-corrected chi connectivity index (χ1v) is 23.8. The van der Waals surface area contributed by atoms with Crippen molar-refractivity contribution in [1.29, 1.82) is 0 Å². The van der Waals surface area contributed by atoms with Crippen LogP contribution >= 0.6 is 0 Å². The van der Waals surface area contributed by atoms with Crippen LogP contribution in [0.4, 0.5) is 4.79 Å². The van der Waals surface area contributed by atoms with Crippen LogP contribution in [0.3, 0.4) is 0 Å². The lowest BCUT2D eigenvalue weighted by atomic mass is 10.0. The summed E-state index contributed by atoms with van der Waals surface area (Å²) in [6, 6.07) is 0. The van der Waals surface area contributed by atoms with Gasteiger partial charge in [0.25, 0.3) is 0 Å². The average Bonchev–Trinajstić information content (AvgIpc) is 3.13. The predicted octanol–water partition coefficient (Wildman–Crippen LogP) is 15.1. The molecular formula is C47H96N2O4. The highest BCUT2D eigenvalue weighted by Crippen LogP contribution is 2.19. The molecule has 6 nitrogen and oxygen atoms in total. The molecule has 318 valence electrons. The highest BCUT2D eigenvalue weighted by molar-refractivity contribution is 5.67. The van der Waals surface area contributed by atoms with Gasteiger partial charge in [0, 0.05) is 6.54 Å². The van der Waals surface area contributed by atoms with E-state index >= 15 is 0 Å². The summed E-state index contributed by atoms with van der Waals surface area (Å²) >= 11 is 0. The Labute approximate surface area is 332 Å². The zero-order chi connectivity index (χ0) is 38.8. The van der Waals surface area contributed by atoms with Gasteiger partial charge in [-0.25, -0.2) is 4.79 Å². The first-order chi connectivity index (χ1) is 25.9. The van der Waals surface area contributed by atoms with Gasteiger partial charge in [-0.15, -0.1) is 0 Å². The van der Waals surface area contributed by atoms with Crippen LogP contribution in [0.1, 0.15) is 259 Å². The third kappa shape index (κ3) is 45.4. The molecule has 0 saturated carbocycles. The van der Waals surface area contributed by atoms with E-state index < -0.39 is 0 Å². The quantitative estimate of drug-likeness (QED) is 0.0479. The van der Waals surface area contributed by atoms with Crippen molar-refractivity contribution in [2.24, 2.45) is 0 Å². The fraction of sp³-hybridized carbons (Fsp3) is 0.979. The van der Waals surface area contributed by atoms with Crippen LogP contribution in [0.25, 0.3) is 0 Å². The number of carbonyl (C=O) groups excluding carboxylic acids is 1. The SMILES string of the molecule is CCCCCCCCCCCCCCCCCCC(CCCCCCCCCCCCCCCCCC)OC(=O)NCCCOCNCOC(C)(C)C. The topological polar surface area (TPSA) is 68.8 Å². The number of hydrogen-bond donors (Lipinski definition) is 2. The minimum atomic E-state index is -0.264. The van der Waals surface area contributed by atoms with Crippen LogP contribution in [-0.4, -0.2) is 44.4 Å². The van der Waals surface area contributed by atoms with Gasteiger partial charge in [0.2, 0.25) is 0 Å². The van der Waals surface area contributed by atoms with Crippen molar-refractivity contribution in [1.82, 2.24) is 10.6 Å². The van der Waals surface area contributed by atoms with E-state index in [9.17, 15) is 4.79 Å². The zero-order valence-corrected chi connectivity index (χ0v) is 36.8. The summed E-state index contributed by atoms with van der Waals surface area (Å²) in [5.74, 6) is 0. The monoisotopic (exact) mass is 753 g/mol. The molecule has 0 fully saturated rings. The van der Waals surface area contributed by atoms with Crippen molar-refractivity contribution in [3.63, 3.8) is 0 Å². The lowest BCUT2D eigenvalue weighted by Gasteiger charge is -2.19. The minimum Gasteiger partial charge on any atom is -0.446 e. The Morgan fingerprint density at radius 2 is 0.811 bits per heavy atom. The molecule has 0 aliphatic rings. The second kappa shape index (κ2) is 42.3. The maximum Gasteiger partial charge on any atom is 0.407 e. The van der Waals surface area contributed by atoms with Gasteiger partial charge < -0.3 is 19.5 Å². The lowest BCUT2D eigenvalue weighted by Crippen LogP contribution is -2.31. The van der Waals surface area contributed by atoms with Gasteiger partial charge >= 0.3 is 6.09 Å². The van der Waals surface area contributed by atoms with Crippen LogP contribution < -0.4 is 10.6 Å². The standard InChI is InChI=1S/C47H96N2O4/c1-6-8-10-12-14-16-18-20-22-24-26-28-30-32-34-36-39-45(53-46(50)49-41-38-42-51-43-48-44-52-47(3,4)5)40-37-35-33-31-29-27-25-23-21-19-17-15-13-11-9-7-2/h45,48H,6-44H2,1-5H3,(H,49,50). The van der Waals surface area contributed by atoms with Gasteiger partial charge in [0.15, 0.2) is 0 Å². The molecule has 0 aromatic carbocycles. The fourth-order valence-electron chi connectivity index (χ4n) is 7.11. The molecule has 0 rings (SSSR count). The van der Waals surface area contributed by atoms with Crippen LogP contribution in [0, 0.1) is 0 Å². The molecular weight excluding hydrogens is 657 g/mol. The molecule has 2 N–H and O–H groups in total. The van der Waals surface area contributed by atoms with Crippen molar-refractivity contribution in [3.8, 4) is 0 Å². The van der Waals surface area contributed by atoms with Crippen LogP contribution in [0.15, 0.2) is 0 Å². The smallest absolute Gasteiger partial charge is 0.407 e. The maximum atomic E-state index is 12.7. The Balaban J connectivity index is 4.08.